The quantitative estimate of drug-likeness (QED) is 0.901. The maximum atomic E-state index is 12.4. The van der Waals surface area contributed by atoms with Gasteiger partial charge in [-0.15, -0.1) is 0 Å². The van der Waals surface area contributed by atoms with Crippen LogP contribution in [-0.4, -0.2) is 29.4 Å². The van der Waals surface area contributed by atoms with E-state index in [0.29, 0.717) is 13.0 Å². The van der Waals surface area contributed by atoms with Crippen LogP contribution in [0.1, 0.15) is 37.8 Å². The molecular formula is C16H24N2O. The highest BCUT2D eigenvalue weighted by Crippen LogP contribution is 2.28. The van der Waals surface area contributed by atoms with E-state index >= 15 is 0 Å². The van der Waals surface area contributed by atoms with E-state index in [4.69, 9.17) is 5.73 Å². The lowest BCUT2D eigenvalue weighted by Gasteiger charge is -2.34. The SMILES string of the molecule is CCc1ccc(CC(=O)N2CCCC2(C)CN)cc1. The van der Waals surface area contributed by atoms with Gasteiger partial charge in [0, 0.05) is 13.1 Å². The molecule has 1 aliphatic rings. The predicted octanol–water partition coefficient (Wildman–Crippen LogP) is 2.13. The van der Waals surface area contributed by atoms with Crippen molar-refractivity contribution in [3.05, 3.63) is 35.4 Å². The molecule has 0 saturated carbocycles. The van der Waals surface area contributed by atoms with E-state index in [0.717, 1.165) is 31.4 Å². The number of likely N-dealkylation sites (tertiary alicyclic amines) is 1. The molecule has 19 heavy (non-hydrogen) atoms. The lowest BCUT2D eigenvalue weighted by atomic mass is 9.98. The minimum absolute atomic E-state index is 0.138. The molecule has 0 spiro atoms. The highest BCUT2D eigenvalue weighted by atomic mass is 16.2. The lowest BCUT2D eigenvalue weighted by molar-refractivity contribution is -0.133. The van der Waals surface area contributed by atoms with Crippen LogP contribution in [0.4, 0.5) is 0 Å². The molecule has 0 aliphatic carbocycles. The fourth-order valence-corrected chi connectivity index (χ4v) is 2.82. The Labute approximate surface area is 115 Å². The maximum absolute atomic E-state index is 12.4. The molecule has 2 rings (SSSR count). The number of carbonyl (C=O) groups is 1. The number of hydrogen-bond acceptors (Lipinski definition) is 2. The number of nitrogens with zero attached hydrogens (tertiary/aromatic N) is 1. The highest BCUT2D eigenvalue weighted by molar-refractivity contribution is 5.80. The summed E-state index contributed by atoms with van der Waals surface area (Å²) in [4.78, 5) is 14.4. The molecule has 3 nitrogen and oxygen atoms in total. The number of hydrogen-bond donors (Lipinski definition) is 1. The van der Waals surface area contributed by atoms with E-state index in [1.54, 1.807) is 0 Å². The molecule has 104 valence electrons. The average Bonchev–Trinajstić information content (AvgIpc) is 2.82. The molecule has 2 N–H and O–H groups in total. The number of benzene rings is 1. The number of aryl methyl sites for hydroxylation is 1. The molecule has 1 atom stereocenters. The van der Waals surface area contributed by atoms with Gasteiger partial charge in [0.1, 0.15) is 0 Å². The van der Waals surface area contributed by atoms with Gasteiger partial charge < -0.3 is 10.6 Å². The van der Waals surface area contributed by atoms with Crippen molar-refractivity contribution < 1.29 is 4.79 Å². The zero-order chi connectivity index (χ0) is 13.9. The molecule has 1 saturated heterocycles. The van der Waals surface area contributed by atoms with Crippen molar-refractivity contribution >= 4 is 5.91 Å². The van der Waals surface area contributed by atoms with Gasteiger partial charge in [-0.3, -0.25) is 4.79 Å². The Hall–Kier alpha value is -1.35. The van der Waals surface area contributed by atoms with Crippen LogP contribution in [0, 0.1) is 0 Å². The molecule has 0 aromatic heterocycles. The Morgan fingerprint density at radius 1 is 1.32 bits per heavy atom. The van der Waals surface area contributed by atoms with Gasteiger partial charge in [-0.25, -0.2) is 0 Å². The summed E-state index contributed by atoms with van der Waals surface area (Å²) in [7, 11) is 0. The lowest BCUT2D eigenvalue weighted by Crippen LogP contribution is -2.50. The highest BCUT2D eigenvalue weighted by Gasteiger charge is 2.37. The van der Waals surface area contributed by atoms with E-state index in [1.807, 2.05) is 4.90 Å². The normalized spacial score (nSPS) is 22.8. The topological polar surface area (TPSA) is 46.3 Å². The van der Waals surface area contributed by atoms with Gasteiger partial charge in [0.25, 0.3) is 0 Å². The van der Waals surface area contributed by atoms with E-state index in [2.05, 4.69) is 38.1 Å². The summed E-state index contributed by atoms with van der Waals surface area (Å²) in [5.41, 5.74) is 8.10. The zero-order valence-corrected chi connectivity index (χ0v) is 12.0. The fraction of sp³-hybridized carbons (Fsp3) is 0.562. The summed E-state index contributed by atoms with van der Waals surface area (Å²) in [5, 5.41) is 0. The van der Waals surface area contributed by atoms with E-state index in [9.17, 15) is 4.79 Å². The van der Waals surface area contributed by atoms with Crippen molar-refractivity contribution in [3.63, 3.8) is 0 Å². The van der Waals surface area contributed by atoms with Crippen LogP contribution in [-0.2, 0) is 17.6 Å². The summed E-state index contributed by atoms with van der Waals surface area (Å²) >= 11 is 0. The third-order valence-corrected chi connectivity index (χ3v) is 4.28. The van der Waals surface area contributed by atoms with Crippen LogP contribution in [0.25, 0.3) is 0 Å². The van der Waals surface area contributed by atoms with Crippen LogP contribution < -0.4 is 5.73 Å². The number of amides is 1. The smallest absolute Gasteiger partial charge is 0.227 e. The van der Waals surface area contributed by atoms with Gasteiger partial charge in [0.05, 0.1) is 12.0 Å². The molecule has 0 radical (unpaired) electrons. The van der Waals surface area contributed by atoms with E-state index in [-0.39, 0.29) is 11.4 Å². The number of rotatable bonds is 4. The summed E-state index contributed by atoms with van der Waals surface area (Å²) in [6.45, 7) is 5.63. The second kappa shape index (κ2) is 5.74. The third kappa shape index (κ3) is 2.98. The number of nitrogens with two attached hydrogens (primary N) is 1. The van der Waals surface area contributed by atoms with Crippen molar-refractivity contribution in [3.8, 4) is 0 Å². The van der Waals surface area contributed by atoms with Gasteiger partial charge in [-0.1, -0.05) is 31.2 Å². The molecule has 1 unspecified atom stereocenters. The van der Waals surface area contributed by atoms with Gasteiger partial charge in [-0.2, -0.15) is 0 Å². The first kappa shape index (κ1) is 14.1. The molecule has 1 amide bonds. The summed E-state index contributed by atoms with van der Waals surface area (Å²) in [6.07, 6.45) is 3.60. The Bertz CT molecular complexity index is 441. The number of carbonyl (C=O) groups excluding carboxylic acids is 1. The first-order valence-corrected chi connectivity index (χ1v) is 7.17. The van der Waals surface area contributed by atoms with Crippen molar-refractivity contribution in [2.45, 2.75) is 45.1 Å². The third-order valence-electron chi connectivity index (χ3n) is 4.28. The second-order valence-electron chi connectivity index (χ2n) is 5.70. The predicted molar refractivity (Wildman–Crippen MR) is 77.9 cm³/mol. The van der Waals surface area contributed by atoms with Crippen LogP contribution >= 0.6 is 0 Å². The Morgan fingerprint density at radius 2 is 1.95 bits per heavy atom. The fourth-order valence-electron chi connectivity index (χ4n) is 2.82. The summed E-state index contributed by atoms with van der Waals surface area (Å²) in [6, 6.07) is 8.34. The molecule has 1 aliphatic heterocycles. The maximum Gasteiger partial charge on any atom is 0.227 e. The molecule has 1 fully saturated rings. The van der Waals surface area contributed by atoms with Crippen molar-refractivity contribution in [2.24, 2.45) is 5.73 Å². The minimum Gasteiger partial charge on any atom is -0.336 e. The standard InChI is InChI=1S/C16H24N2O/c1-3-13-5-7-14(8-6-13)11-15(19)18-10-4-9-16(18,2)12-17/h5-8H,3-4,9-12,17H2,1-2H3. The Kier molecular flexibility index (Phi) is 4.25. The Morgan fingerprint density at radius 3 is 2.53 bits per heavy atom. The Balaban J connectivity index is 2.04. The first-order valence-electron chi connectivity index (χ1n) is 7.17. The van der Waals surface area contributed by atoms with E-state index in [1.165, 1.54) is 5.56 Å². The van der Waals surface area contributed by atoms with Crippen molar-refractivity contribution in [2.75, 3.05) is 13.1 Å². The van der Waals surface area contributed by atoms with Gasteiger partial charge in [0.2, 0.25) is 5.91 Å². The van der Waals surface area contributed by atoms with Gasteiger partial charge >= 0.3 is 0 Å². The van der Waals surface area contributed by atoms with Crippen LogP contribution in [0.15, 0.2) is 24.3 Å². The van der Waals surface area contributed by atoms with Crippen molar-refractivity contribution in [1.29, 1.82) is 0 Å². The second-order valence-corrected chi connectivity index (χ2v) is 5.70. The monoisotopic (exact) mass is 260 g/mol. The summed E-state index contributed by atoms with van der Waals surface area (Å²) < 4.78 is 0. The minimum atomic E-state index is -0.138. The molecule has 1 aromatic rings. The van der Waals surface area contributed by atoms with Crippen LogP contribution in [0.3, 0.4) is 0 Å². The first-order chi connectivity index (χ1) is 9.09. The van der Waals surface area contributed by atoms with Gasteiger partial charge in [0.15, 0.2) is 0 Å². The van der Waals surface area contributed by atoms with Gasteiger partial charge in [-0.05, 0) is 37.3 Å². The van der Waals surface area contributed by atoms with Crippen molar-refractivity contribution in [1.82, 2.24) is 4.90 Å². The zero-order valence-electron chi connectivity index (χ0n) is 12.0. The van der Waals surface area contributed by atoms with Crippen LogP contribution in [0.5, 0.6) is 0 Å². The average molecular weight is 260 g/mol. The molecular weight excluding hydrogens is 236 g/mol. The molecule has 1 heterocycles. The molecule has 3 heteroatoms. The molecule has 0 bridgehead atoms. The summed E-state index contributed by atoms with van der Waals surface area (Å²) in [5.74, 6) is 0.203. The van der Waals surface area contributed by atoms with E-state index < -0.39 is 0 Å². The largest absolute Gasteiger partial charge is 0.336 e. The molecule has 1 aromatic carbocycles. The van der Waals surface area contributed by atoms with Crippen LogP contribution in [0.2, 0.25) is 0 Å².